The Morgan fingerprint density at radius 1 is 1.50 bits per heavy atom. The Hall–Kier alpha value is -0.960. The van der Waals surface area contributed by atoms with Gasteiger partial charge in [-0.25, -0.2) is 4.39 Å². The lowest BCUT2D eigenvalue weighted by atomic mass is 9.72. The zero-order chi connectivity index (χ0) is 13.2. The second-order valence-electron chi connectivity index (χ2n) is 6.02. The van der Waals surface area contributed by atoms with Crippen LogP contribution in [0.1, 0.15) is 51.5 Å². The molecule has 1 aliphatic carbocycles. The van der Waals surface area contributed by atoms with Crippen molar-refractivity contribution in [1.82, 2.24) is 4.98 Å². The van der Waals surface area contributed by atoms with E-state index in [0.29, 0.717) is 23.8 Å². The molecule has 0 amide bonds. The zero-order valence-corrected chi connectivity index (χ0v) is 11.2. The summed E-state index contributed by atoms with van der Waals surface area (Å²) >= 11 is 0. The van der Waals surface area contributed by atoms with Gasteiger partial charge in [-0.1, -0.05) is 20.3 Å². The quantitative estimate of drug-likeness (QED) is 0.889. The predicted octanol–water partition coefficient (Wildman–Crippen LogP) is 3.64. The summed E-state index contributed by atoms with van der Waals surface area (Å²) in [5.74, 6) is 0.807. The summed E-state index contributed by atoms with van der Waals surface area (Å²) in [6, 6.07) is 1.42. The molecule has 1 aromatic rings. The summed E-state index contributed by atoms with van der Waals surface area (Å²) in [7, 11) is 0. The number of hydrogen-bond donors (Lipinski definition) is 1. The molecular formula is C15H22FNO. The molecule has 0 radical (unpaired) electrons. The standard InChI is InChI=1S/C15H22FNO/c1-11(2)6-12-4-3-5-15(18,8-12)13-7-14(16)10-17-9-13/h7,9-12,18H,3-6,8H2,1-2H3. The van der Waals surface area contributed by atoms with Crippen LogP contribution >= 0.6 is 0 Å². The third kappa shape index (κ3) is 3.08. The molecule has 1 aromatic heterocycles. The lowest BCUT2D eigenvalue weighted by Crippen LogP contribution is -2.33. The molecule has 0 bridgehead atoms. The summed E-state index contributed by atoms with van der Waals surface area (Å²) < 4.78 is 13.2. The van der Waals surface area contributed by atoms with Crippen LogP contribution in [0.25, 0.3) is 0 Å². The molecule has 0 spiro atoms. The molecule has 100 valence electrons. The van der Waals surface area contributed by atoms with Crippen LogP contribution in [0.15, 0.2) is 18.5 Å². The van der Waals surface area contributed by atoms with Crippen LogP contribution in [0.2, 0.25) is 0 Å². The minimum absolute atomic E-state index is 0.369. The highest BCUT2D eigenvalue weighted by atomic mass is 19.1. The summed E-state index contributed by atoms with van der Waals surface area (Å²) in [5, 5.41) is 10.7. The van der Waals surface area contributed by atoms with Crippen LogP contribution in [-0.4, -0.2) is 10.1 Å². The van der Waals surface area contributed by atoms with Crippen molar-refractivity contribution in [3.8, 4) is 0 Å². The highest BCUT2D eigenvalue weighted by molar-refractivity contribution is 5.19. The Morgan fingerprint density at radius 2 is 2.28 bits per heavy atom. The van der Waals surface area contributed by atoms with E-state index in [0.717, 1.165) is 19.3 Å². The van der Waals surface area contributed by atoms with Crippen molar-refractivity contribution in [2.75, 3.05) is 0 Å². The molecule has 2 unspecified atom stereocenters. The van der Waals surface area contributed by atoms with Crippen molar-refractivity contribution >= 4 is 0 Å². The van der Waals surface area contributed by atoms with Crippen LogP contribution in [0.5, 0.6) is 0 Å². The van der Waals surface area contributed by atoms with Gasteiger partial charge in [-0.05, 0) is 43.6 Å². The summed E-state index contributed by atoms with van der Waals surface area (Å²) in [6.45, 7) is 4.41. The van der Waals surface area contributed by atoms with E-state index in [1.54, 1.807) is 6.20 Å². The number of pyridine rings is 1. The average molecular weight is 251 g/mol. The molecule has 2 nitrogen and oxygen atoms in total. The molecule has 1 heterocycles. The van der Waals surface area contributed by atoms with Gasteiger partial charge in [-0.3, -0.25) is 4.98 Å². The monoisotopic (exact) mass is 251 g/mol. The van der Waals surface area contributed by atoms with Crippen LogP contribution < -0.4 is 0 Å². The topological polar surface area (TPSA) is 33.1 Å². The van der Waals surface area contributed by atoms with Gasteiger partial charge in [0.1, 0.15) is 5.82 Å². The van der Waals surface area contributed by atoms with E-state index < -0.39 is 5.60 Å². The molecular weight excluding hydrogens is 229 g/mol. The Kier molecular flexibility index (Phi) is 4.00. The van der Waals surface area contributed by atoms with Gasteiger partial charge >= 0.3 is 0 Å². The Balaban J connectivity index is 2.15. The second kappa shape index (κ2) is 5.35. The lowest BCUT2D eigenvalue weighted by molar-refractivity contribution is -0.0249. The molecule has 1 saturated carbocycles. The van der Waals surface area contributed by atoms with Gasteiger partial charge in [-0.15, -0.1) is 0 Å². The first-order valence-electron chi connectivity index (χ1n) is 6.83. The minimum Gasteiger partial charge on any atom is -0.385 e. The first-order valence-corrected chi connectivity index (χ1v) is 6.83. The number of halogens is 1. The van der Waals surface area contributed by atoms with Crippen molar-refractivity contribution in [2.24, 2.45) is 11.8 Å². The fourth-order valence-electron chi connectivity index (χ4n) is 3.16. The molecule has 1 fully saturated rings. The highest BCUT2D eigenvalue weighted by Gasteiger charge is 2.36. The minimum atomic E-state index is -0.882. The van der Waals surface area contributed by atoms with Gasteiger partial charge < -0.3 is 5.11 Å². The molecule has 0 aromatic carbocycles. The summed E-state index contributed by atoms with van der Waals surface area (Å²) in [4.78, 5) is 3.86. The van der Waals surface area contributed by atoms with Crippen LogP contribution in [0.4, 0.5) is 4.39 Å². The van der Waals surface area contributed by atoms with Crippen molar-refractivity contribution in [3.05, 3.63) is 29.8 Å². The van der Waals surface area contributed by atoms with Crippen molar-refractivity contribution in [2.45, 2.75) is 51.6 Å². The SMILES string of the molecule is CC(C)CC1CCCC(O)(c2cncc(F)c2)C1. The van der Waals surface area contributed by atoms with Crippen molar-refractivity contribution in [3.63, 3.8) is 0 Å². The van der Waals surface area contributed by atoms with Crippen LogP contribution in [-0.2, 0) is 5.60 Å². The average Bonchev–Trinajstić information content (AvgIpc) is 2.28. The van der Waals surface area contributed by atoms with E-state index in [2.05, 4.69) is 18.8 Å². The summed E-state index contributed by atoms with van der Waals surface area (Å²) in [5.41, 5.74) is -0.247. The molecule has 1 aliphatic rings. The number of aromatic nitrogens is 1. The van der Waals surface area contributed by atoms with E-state index in [9.17, 15) is 9.50 Å². The number of hydrogen-bond acceptors (Lipinski definition) is 2. The van der Waals surface area contributed by atoms with Crippen molar-refractivity contribution < 1.29 is 9.50 Å². The van der Waals surface area contributed by atoms with Crippen molar-refractivity contribution in [1.29, 1.82) is 0 Å². The maximum absolute atomic E-state index is 13.2. The Morgan fingerprint density at radius 3 is 2.94 bits per heavy atom. The number of nitrogens with zero attached hydrogens (tertiary/aromatic N) is 1. The third-order valence-corrected chi connectivity index (χ3v) is 3.88. The maximum atomic E-state index is 13.2. The van der Waals surface area contributed by atoms with Crippen LogP contribution in [0.3, 0.4) is 0 Å². The normalized spacial score (nSPS) is 28.6. The Bertz CT molecular complexity index is 407. The lowest BCUT2D eigenvalue weighted by Gasteiger charge is -2.37. The fourth-order valence-corrected chi connectivity index (χ4v) is 3.16. The van der Waals surface area contributed by atoms with Gasteiger partial charge in [0.2, 0.25) is 0 Å². The van der Waals surface area contributed by atoms with Gasteiger partial charge in [0, 0.05) is 11.8 Å². The Labute approximate surface area is 108 Å². The molecule has 18 heavy (non-hydrogen) atoms. The van der Waals surface area contributed by atoms with Crippen LogP contribution in [0, 0.1) is 17.7 Å². The number of aliphatic hydroxyl groups is 1. The van der Waals surface area contributed by atoms with Gasteiger partial charge in [0.15, 0.2) is 0 Å². The third-order valence-electron chi connectivity index (χ3n) is 3.88. The molecule has 0 saturated heterocycles. The highest BCUT2D eigenvalue weighted by Crippen LogP contribution is 2.41. The second-order valence-corrected chi connectivity index (χ2v) is 6.02. The number of rotatable bonds is 3. The van der Waals surface area contributed by atoms with E-state index in [-0.39, 0.29) is 5.82 Å². The molecule has 3 heteroatoms. The smallest absolute Gasteiger partial charge is 0.141 e. The zero-order valence-electron chi connectivity index (χ0n) is 11.2. The molecule has 1 N–H and O–H groups in total. The van der Waals surface area contributed by atoms with E-state index in [4.69, 9.17) is 0 Å². The van der Waals surface area contributed by atoms with E-state index >= 15 is 0 Å². The molecule has 0 aliphatic heterocycles. The predicted molar refractivity (Wildman–Crippen MR) is 69.5 cm³/mol. The summed E-state index contributed by atoms with van der Waals surface area (Å²) in [6.07, 6.45) is 7.53. The van der Waals surface area contributed by atoms with Gasteiger partial charge in [0.25, 0.3) is 0 Å². The van der Waals surface area contributed by atoms with E-state index in [1.807, 2.05) is 0 Å². The van der Waals surface area contributed by atoms with Gasteiger partial charge in [0.05, 0.1) is 11.8 Å². The van der Waals surface area contributed by atoms with Gasteiger partial charge in [-0.2, -0.15) is 0 Å². The largest absolute Gasteiger partial charge is 0.385 e. The molecule has 2 rings (SSSR count). The molecule has 2 atom stereocenters. The first-order chi connectivity index (χ1) is 8.49. The van der Waals surface area contributed by atoms with E-state index in [1.165, 1.54) is 18.7 Å². The first kappa shape index (κ1) is 13.5. The fraction of sp³-hybridized carbons (Fsp3) is 0.667. The maximum Gasteiger partial charge on any atom is 0.141 e.